The van der Waals surface area contributed by atoms with Gasteiger partial charge in [-0.15, -0.1) is 0 Å². The first kappa shape index (κ1) is 17.4. The molecule has 1 heterocycles. The van der Waals surface area contributed by atoms with E-state index in [-0.39, 0.29) is 10.8 Å². The van der Waals surface area contributed by atoms with Gasteiger partial charge in [-0.1, -0.05) is 15.9 Å². The molecule has 0 aliphatic rings. The number of nitrogens with one attached hydrogen (secondary N) is 2. The fraction of sp³-hybridized carbons (Fsp3) is 0.125. The third-order valence-electron chi connectivity index (χ3n) is 3.69. The Balaban J connectivity index is 2.01. The zero-order chi connectivity index (χ0) is 18.4. The maximum Gasteiger partial charge on any atom is 0.264 e. The number of anilines is 1. The molecular formula is C16H15BrN4O3S. The molecule has 0 aliphatic heterocycles. The summed E-state index contributed by atoms with van der Waals surface area (Å²) in [5.74, 6) is -0.502. The van der Waals surface area contributed by atoms with Crippen molar-refractivity contribution in [3.05, 3.63) is 51.5 Å². The van der Waals surface area contributed by atoms with Gasteiger partial charge in [0.1, 0.15) is 0 Å². The van der Waals surface area contributed by atoms with Crippen LogP contribution < -0.4 is 10.5 Å². The van der Waals surface area contributed by atoms with E-state index in [0.29, 0.717) is 27.7 Å². The van der Waals surface area contributed by atoms with Crippen molar-refractivity contribution in [2.45, 2.75) is 18.7 Å². The van der Waals surface area contributed by atoms with Gasteiger partial charge in [0, 0.05) is 10.0 Å². The Morgan fingerprint density at radius 2 is 1.84 bits per heavy atom. The van der Waals surface area contributed by atoms with E-state index in [2.05, 4.69) is 30.6 Å². The highest BCUT2D eigenvalue weighted by molar-refractivity contribution is 9.10. The molecule has 0 bridgehead atoms. The highest BCUT2D eigenvalue weighted by atomic mass is 79.9. The number of benzene rings is 2. The van der Waals surface area contributed by atoms with E-state index >= 15 is 0 Å². The van der Waals surface area contributed by atoms with Gasteiger partial charge < -0.3 is 10.7 Å². The van der Waals surface area contributed by atoms with Gasteiger partial charge in [0.15, 0.2) is 0 Å². The molecule has 0 aliphatic carbocycles. The molecule has 3 aromatic rings. The van der Waals surface area contributed by atoms with Crippen molar-refractivity contribution in [2.24, 2.45) is 5.73 Å². The molecule has 2 aromatic carbocycles. The van der Waals surface area contributed by atoms with E-state index in [1.54, 1.807) is 32.0 Å². The number of halogens is 1. The summed E-state index contributed by atoms with van der Waals surface area (Å²) in [7, 11) is -3.82. The van der Waals surface area contributed by atoms with Crippen molar-refractivity contribution in [1.82, 2.24) is 9.97 Å². The number of fused-ring (bicyclic) bond motifs is 1. The van der Waals surface area contributed by atoms with E-state index in [1.165, 1.54) is 12.1 Å². The number of amides is 1. The molecule has 7 nitrogen and oxygen atoms in total. The molecule has 25 heavy (non-hydrogen) atoms. The molecule has 4 N–H and O–H groups in total. The fourth-order valence-corrected chi connectivity index (χ4v) is 4.82. The van der Waals surface area contributed by atoms with Crippen LogP contribution in [-0.4, -0.2) is 24.3 Å². The number of hydrogen-bond acceptors (Lipinski definition) is 4. The lowest BCUT2D eigenvalue weighted by Gasteiger charge is -2.12. The molecule has 3 rings (SSSR count). The van der Waals surface area contributed by atoms with Crippen LogP contribution in [0.3, 0.4) is 0 Å². The molecule has 130 valence electrons. The smallest absolute Gasteiger partial charge is 0.264 e. The van der Waals surface area contributed by atoms with Gasteiger partial charge in [0.05, 0.1) is 15.9 Å². The number of carbonyl (C=O) groups is 1. The largest absolute Gasteiger partial charge is 0.366 e. The third kappa shape index (κ3) is 3.38. The Kier molecular flexibility index (Phi) is 4.29. The van der Waals surface area contributed by atoms with Crippen molar-refractivity contribution in [1.29, 1.82) is 0 Å². The van der Waals surface area contributed by atoms with Crippen molar-refractivity contribution in [3.63, 3.8) is 0 Å². The van der Waals surface area contributed by atoms with Crippen molar-refractivity contribution >= 4 is 48.8 Å². The van der Waals surface area contributed by atoms with Crippen LogP contribution in [0, 0.1) is 13.8 Å². The molecule has 0 spiro atoms. The van der Waals surface area contributed by atoms with Gasteiger partial charge in [-0.3, -0.25) is 4.79 Å². The van der Waals surface area contributed by atoms with Crippen molar-refractivity contribution in [2.75, 3.05) is 4.72 Å². The second kappa shape index (κ2) is 6.16. The van der Waals surface area contributed by atoms with E-state index in [1.807, 2.05) is 0 Å². The van der Waals surface area contributed by atoms with E-state index in [4.69, 9.17) is 5.73 Å². The Bertz CT molecular complexity index is 1080. The number of H-pyrrole nitrogens is 1. The number of nitrogens with zero attached hydrogens (tertiary/aromatic N) is 1. The van der Waals surface area contributed by atoms with Crippen LogP contribution in [-0.2, 0) is 10.0 Å². The zero-order valence-electron chi connectivity index (χ0n) is 13.4. The van der Waals surface area contributed by atoms with Gasteiger partial charge in [-0.05, 0) is 55.3 Å². The highest BCUT2D eigenvalue weighted by Gasteiger charge is 2.21. The summed E-state index contributed by atoms with van der Waals surface area (Å²) in [6, 6.07) is 8.13. The monoisotopic (exact) mass is 422 g/mol. The van der Waals surface area contributed by atoms with Crippen LogP contribution in [0.2, 0.25) is 0 Å². The molecule has 0 radical (unpaired) electrons. The minimum absolute atomic E-state index is 0.0679. The molecule has 0 saturated carbocycles. The Labute approximate surface area is 152 Å². The second-order valence-electron chi connectivity index (χ2n) is 5.66. The number of nitrogens with two attached hydrogens (primary N) is 1. The lowest BCUT2D eigenvalue weighted by Crippen LogP contribution is -2.16. The predicted octanol–water partition coefficient (Wildman–Crippen LogP) is 2.84. The SMILES string of the molecule is Cc1cc(Br)cc(C)c1S(=O)(=O)Nc1nc2ccc(C(N)=O)cc2[nH]1. The number of carbonyl (C=O) groups excluding carboxylic acids is 1. The molecule has 0 atom stereocenters. The van der Waals surface area contributed by atoms with Crippen LogP contribution >= 0.6 is 15.9 Å². The topological polar surface area (TPSA) is 118 Å². The van der Waals surface area contributed by atoms with Crippen LogP contribution in [0.5, 0.6) is 0 Å². The number of aryl methyl sites for hydroxylation is 2. The number of sulfonamides is 1. The maximum absolute atomic E-state index is 12.7. The molecule has 1 aromatic heterocycles. The number of rotatable bonds is 4. The molecule has 9 heteroatoms. The summed E-state index contributed by atoms with van der Waals surface area (Å²) in [4.78, 5) is 18.5. The van der Waals surface area contributed by atoms with E-state index in [0.717, 1.165) is 4.47 Å². The van der Waals surface area contributed by atoms with Gasteiger partial charge in [0.25, 0.3) is 10.0 Å². The minimum Gasteiger partial charge on any atom is -0.366 e. The van der Waals surface area contributed by atoms with Crippen LogP contribution in [0.4, 0.5) is 5.95 Å². The van der Waals surface area contributed by atoms with Gasteiger partial charge in [0.2, 0.25) is 11.9 Å². The number of hydrogen-bond donors (Lipinski definition) is 3. The standard InChI is InChI=1S/C16H15BrN4O3S/c1-8-5-11(17)6-9(2)14(8)25(23,24)21-16-19-12-4-3-10(15(18)22)7-13(12)20-16/h3-7H,1-2H3,(H2,18,22)(H2,19,20,21). The molecular weight excluding hydrogens is 408 g/mol. The van der Waals surface area contributed by atoms with Gasteiger partial charge >= 0.3 is 0 Å². The Hall–Kier alpha value is -2.39. The summed E-state index contributed by atoms with van der Waals surface area (Å²) in [5, 5.41) is 0. The normalized spacial score (nSPS) is 11.6. The average molecular weight is 423 g/mol. The predicted molar refractivity (Wildman–Crippen MR) is 99.0 cm³/mol. The zero-order valence-corrected chi connectivity index (χ0v) is 15.8. The van der Waals surface area contributed by atoms with Crippen LogP contribution in [0.25, 0.3) is 11.0 Å². The fourth-order valence-electron chi connectivity index (χ4n) is 2.71. The Morgan fingerprint density at radius 3 is 2.44 bits per heavy atom. The van der Waals surface area contributed by atoms with Gasteiger partial charge in [-0.2, -0.15) is 0 Å². The summed E-state index contributed by atoms with van der Waals surface area (Å²) in [6.07, 6.45) is 0. The van der Waals surface area contributed by atoms with Crippen LogP contribution in [0.15, 0.2) is 39.7 Å². The summed E-state index contributed by atoms with van der Waals surface area (Å²) >= 11 is 3.35. The Morgan fingerprint density at radius 1 is 1.20 bits per heavy atom. The highest BCUT2D eigenvalue weighted by Crippen LogP contribution is 2.26. The van der Waals surface area contributed by atoms with Crippen molar-refractivity contribution < 1.29 is 13.2 Å². The summed E-state index contributed by atoms with van der Waals surface area (Å²) in [6.45, 7) is 3.45. The summed E-state index contributed by atoms with van der Waals surface area (Å²) < 4.78 is 28.7. The number of primary amides is 1. The number of imidazole rings is 1. The first-order valence-corrected chi connectivity index (χ1v) is 9.54. The van der Waals surface area contributed by atoms with E-state index in [9.17, 15) is 13.2 Å². The first-order valence-electron chi connectivity index (χ1n) is 7.26. The maximum atomic E-state index is 12.7. The lowest BCUT2D eigenvalue weighted by atomic mass is 10.2. The quantitative estimate of drug-likeness (QED) is 0.598. The molecule has 0 saturated heterocycles. The summed E-state index contributed by atoms with van der Waals surface area (Å²) in [5.41, 5.74) is 7.82. The average Bonchev–Trinajstić information content (AvgIpc) is 2.85. The number of aromatic nitrogens is 2. The minimum atomic E-state index is -3.82. The van der Waals surface area contributed by atoms with E-state index < -0.39 is 15.9 Å². The van der Waals surface area contributed by atoms with Crippen LogP contribution in [0.1, 0.15) is 21.5 Å². The lowest BCUT2D eigenvalue weighted by molar-refractivity contribution is 0.100. The van der Waals surface area contributed by atoms with Gasteiger partial charge in [-0.25, -0.2) is 18.1 Å². The second-order valence-corrected chi connectivity index (χ2v) is 8.19. The molecule has 1 amide bonds. The molecule has 0 unspecified atom stereocenters. The van der Waals surface area contributed by atoms with Crippen molar-refractivity contribution in [3.8, 4) is 0 Å². The first-order chi connectivity index (χ1) is 11.7. The molecule has 0 fully saturated rings. The third-order valence-corrected chi connectivity index (χ3v) is 5.79. The number of aromatic amines is 1.